The summed E-state index contributed by atoms with van der Waals surface area (Å²) in [7, 11) is 0. The lowest BCUT2D eigenvalue weighted by Crippen LogP contribution is -2.28. The van der Waals surface area contributed by atoms with Crippen molar-refractivity contribution in [2.24, 2.45) is 0 Å². The van der Waals surface area contributed by atoms with Crippen molar-refractivity contribution < 1.29 is 4.79 Å². The van der Waals surface area contributed by atoms with Crippen LogP contribution in [0.5, 0.6) is 0 Å². The minimum Gasteiger partial charge on any atom is -0.349 e. The molecule has 1 amide bonds. The third kappa shape index (κ3) is 5.02. The Morgan fingerprint density at radius 2 is 1.96 bits per heavy atom. The van der Waals surface area contributed by atoms with Crippen LogP contribution in [0.1, 0.15) is 29.7 Å². The first kappa shape index (κ1) is 17.4. The summed E-state index contributed by atoms with van der Waals surface area (Å²) >= 11 is 7.62. The van der Waals surface area contributed by atoms with Gasteiger partial charge in [0.2, 0.25) is 5.91 Å². The highest BCUT2D eigenvalue weighted by molar-refractivity contribution is 7.99. The molecule has 118 valence electrons. The van der Waals surface area contributed by atoms with Crippen LogP contribution in [0.15, 0.2) is 48.5 Å². The Hall–Kier alpha value is -1.96. The molecule has 0 saturated carbocycles. The van der Waals surface area contributed by atoms with Gasteiger partial charge in [0.05, 0.1) is 23.4 Å². The minimum atomic E-state index is -0.136. The van der Waals surface area contributed by atoms with Gasteiger partial charge in [0.1, 0.15) is 0 Å². The lowest BCUT2D eigenvalue weighted by Gasteiger charge is -2.15. The molecule has 3 nitrogen and oxygen atoms in total. The molecular formula is C18H17ClN2OS. The first-order valence-electron chi connectivity index (χ1n) is 7.21. The largest absolute Gasteiger partial charge is 0.349 e. The Balaban J connectivity index is 1.84. The molecule has 0 aliphatic rings. The topological polar surface area (TPSA) is 52.9 Å². The van der Waals surface area contributed by atoms with Gasteiger partial charge in [0, 0.05) is 10.8 Å². The first-order chi connectivity index (χ1) is 11.1. The van der Waals surface area contributed by atoms with Crippen LogP contribution in [0, 0.1) is 11.3 Å². The van der Waals surface area contributed by atoms with E-state index in [9.17, 15) is 4.79 Å². The summed E-state index contributed by atoms with van der Waals surface area (Å²) in [6.45, 7) is 1.91. The highest BCUT2D eigenvalue weighted by atomic mass is 35.5. The molecule has 5 heteroatoms. The summed E-state index contributed by atoms with van der Waals surface area (Å²) in [5.41, 5.74) is 2.51. The standard InChI is InChI=1S/C18H17ClN2OS/c1-13(16-8-4-5-9-17(16)19)21-18(22)12-23-11-15-7-3-2-6-14(15)10-20/h2-9,13H,11-12H2,1H3,(H,21,22)/t13-/m1/s1. The average Bonchev–Trinajstić information content (AvgIpc) is 2.55. The van der Waals surface area contributed by atoms with Crippen LogP contribution in [-0.4, -0.2) is 11.7 Å². The fraction of sp³-hybridized carbons (Fsp3) is 0.222. The Labute approximate surface area is 145 Å². The molecule has 0 unspecified atom stereocenters. The van der Waals surface area contributed by atoms with E-state index in [1.807, 2.05) is 49.4 Å². The number of nitriles is 1. The molecule has 0 aliphatic carbocycles. The van der Waals surface area contributed by atoms with Gasteiger partial charge in [-0.05, 0) is 30.2 Å². The zero-order chi connectivity index (χ0) is 16.7. The normalized spacial score (nSPS) is 11.5. The monoisotopic (exact) mass is 344 g/mol. The van der Waals surface area contributed by atoms with Gasteiger partial charge in [0.25, 0.3) is 0 Å². The minimum absolute atomic E-state index is 0.0446. The maximum atomic E-state index is 12.0. The van der Waals surface area contributed by atoms with Crippen LogP contribution >= 0.6 is 23.4 Å². The van der Waals surface area contributed by atoms with Crippen LogP contribution in [0.3, 0.4) is 0 Å². The Morgan fingerprint density at radius 1 is 1.26 bits per heavy atom. The number of rotatable bonds is 6. The van der Waals surface area contributed by atoms with Gasteiger partial charge >= 0.3 is 0 Å². The lowest BCUT2D eigenvalue weighted by molar-refractivity contribution is -0.119. The van der Waals surface area contributed by atoms with Gasteiger partial charge in [-0.3, -0.25) is 4.79 Å². The van der Waals surface area contributed by atoms with Crippen LogP contribution < -0.4 is 5.32 Å². The highest BCUT2D eigenvalue weighted by Gasteiger charge is 2.12. The number of nitrogens with one attached hydrogen (secondary N) is 1. The highest BCUT2D eigenvalue weighted by Crippen LogP contribution is 2.22. The molecule has 23 heavy (non-hydrogen) atoms. The van der Waals surface area contributed by atoms with Crippen molar-refractivity contribution in [3.8, 4) is 6.07 Å². The molecule has 0 spiro atoms. The summed E-state index contributed by atoms with van der Waals surface area (Å²) in [5, 5.41) is 12.6. The fourth-order valence-corrected chi connectivity index (χ4v) is 3.34. The summed E-state index contributed by atoms with van der Waals surface area (Å²) in [5.74, 6) is 0.934. The van der Waals surface area contributed by atoms with Gasteiger partial charge in [-0.1, -0.05) is 48.0 Å². The quantitative estimate of drug-likeness (QED) is 0.848. The van der Waals surface area contributed by atoms with E-state index in [1.165, 1.54) is 11.8 Å². The van der Waals surface area contributed by atoms with Crippen LogP contribution in [0.25, 0.3) is 0 Å². The van der Waals surface area contributed by atoms with E-state index in [0.29, 0.717) is 22.1 Å². The number of benzene rings is 2. The maximum absolute atomic E-state index is 12.0. The third-order valence-electron chi connectivity index (χ3n) is 3.38. The summed E-state index contributed by atoms with van der Waals surface area (Å²) in [4.78, 5) is 12.0. The third-order valence-corrected chi connectivity index (χ3v) is 4.70. The van der Waals surface area contributed by atoms with Gasteiger partial charge in [-0.25, -0.2) is 0 Å². The molecule has 0 bridgehead atoms. The van der Waals surface area contributed by atoms with E-state index < -0.39 is 0 Å². The van der Waals surface area contributed by atoms with Crippen molar-refractivity contribution in [3.63, 3.8) is 0 Å². The fourth-order valence-electron chi connectivity index (χ4n) is 2.20. The molecule has 2 aromatic rings. The van der Waals surface area contributed by atoms with Crippen molar-refractivity contribution in [2.45, 2.75) is 18.7 Å². The molecule has 1 N–H and O–H groups in total. The first-order valence-corrected chi connectivity index (χ1v) is 8.74. The number of carbonyl (C=O) groups excluding carboxylic acids is 1. The van der Waals surface area contributed by atoms with Gasteiger partial charge < -0.3 is 5.32 Å². The van der Waals surface area contributed by atoms with Crippen molar-refractivity contribution in [2.75, 3.05) is 5.75 Å². The number of carbonyl (C=O) groups is 1. The summed E-state index contributed by atoms with van der Waals surface area (Å²) < 4.78 is 0. The van der Waals surface area contributed by atoms with E-state index in [2.05, 4.69) is 11.4 Å². The zero-order valence-electron chi connectivity index (χ0n) is 12.8. The number of nitrogens with zero attached hydrogens (tertiary/aromatic N) is 1. The predicted octanol–water partition coefficient (Wildman–Crippen LogP) is 4.32. The van der Waals surface area contributed by atoms with E-state index >= 15 is 0 Å². The maximum Gasteiger partial charge on any atom is 0.230 e. The van der Waals surface area contributed by atoms with Crippen molar-refractivity contribution in [1.82, 2.24) is 5.32 Å². The van der Waals surface area contributed by atoms with Crippen molar-refractivity contribution >= 4 is 29.3 Å². The van der Waals surface area contributed by atoms with Gasteiger partial charge in [0.15, 0.2) is 0 Å². The smallest absolute Gasteiger partial charge is 0.230 e. The molecule has 0 aliphatic heterocycles. The molecule has 2 aromatic carbocycles. The summed E-state index contributed by atoms with van der Waals surface area (Å²) in [6, 6.07) is 16.9. The average molecular weight is 345 g/mol. The number of hydrogen-bond acceptors (Lipinski definition) is 3. The van der Waals surface area contributed by atoms with Crippen LogP contribution in [0.4, 0.5) is 0 Å². The van der Waals surface area contributed by atoms with Gasteiger partial charge in [-0.2, -0.15) is 5.26 Å². The second-order valence-electron chi connectivity index (χ2n) is 5.07. The Kier molecular flexibility index (Phi) is 6.52. The molecule has 0 fully saturated rings. The number of thioether (sulfide) groups is 1. The van der Waals surface area contributed by atoms with E-state index in [0.717, 1.165) is 11.1 Å². The van der Waals surface area contributed by atoms with Crippen molar-refractivity contribution in [3.05, 3.63) is 70.2 Å². The Morgan fingerprint density at radius 3 is 2.70 bits per heavy atom. The molecule has 0 radical (unpaired) electrons. The molecule has 0 saturated heterocycles. The number of halogens is 1. The van der Waals surface area contributed by atoms with Crippen LogP contribution in [0.2, 0.25) is 5.02 Å². The van der Waals surface area contributed by atoms with E-state index in [-0.39, 0.29) is 11.9 Å². The SMILES string of the molecule is C[C@@H](NC(=O)CSCc1ccccc1C#N)c1ccccc1Cl. The lowest BCUT2D eigenvalue weighted by atomic mass is 10.1. The number of amides is 1. The molecule has 1 atom stereocenters. The van der Waals surface area contributed by atoms with Crippen LogP contribution in [-0.2, 0) is 10.5 Å². The second-order valence-corrected chi connectivity index (χ2v) is 6.47. The number of hydrogen-bond donors (Lipinski definition) is 1. The molecule has 0 heterocycles. The zero-order valence-corrected chi connectivity index (χ0v) is 14.3. The summed E-state index contributed by atoms with van der Waals surface area (Å²) in [6.07, 6.45) is 0. The van der Waals surface area contributed by atoms with Gasteiger partial charge in [-0.15, -0.1) is 11.8 Å². The predicted molar refractivity (Wildman–Crippen MR) is 95.3 cm³/mol. The Bertz CT molecular complexity index is 727. The van der Waals surface area contributed by atoms with Crippen molar-refractivity contribution in [1.29, 1.82) is 5.26 Å². The second kappa shape index (κ2) is 8.61. The molecule has 2 rings (SSSR count). The molecular weight excluding hydrogens is 328 g/mol. The van der Waals surface area contributed by atoms with E-state index in [1.54, 1.807) is 6.07 Å². The van der Waals surface area contributed by atoms with E-state index in [4.69, 9.17) is 16.9 Å². The molecule has 0 aromatic heterocycles.